The van der Waals surface area contributed by atoms with Gasteiger partial charge in [-0.05, 0) is 52.6 Å². The number of carboxylic acid groups (broad SMARTS) is 1. The Labute approximate surface area is 253 Å². The number of aryl methyl sites for hydroxylation is 1. The quantitative estimate of drug-likeness (QED) is 0.214. The molecule has 1 aliphatic rings. The third-order valence-electron chi connectivity index (χ3n) is 7.33. The van der Waals surface area contributed by atoms with Crippen molar-refractivity contribution in [3.63, 3.8) is 0 Å². The number of hydrogen-bond acceptors (Lipinski definition) is 5. The second kappa shape index (κ2) is 13.4. The van der Waals surface area contributed by atoms with Crippen LogP contribution in [0.25, 0.3) is 10.8 Å². The number of thioether (sulfide) groups is 1. The van der Waals surface area contributed by atoms with Crippen molar-refractivity contribution < 1.29 is 24.3 Å². The van der Waals surface area contributed by atoms with Gasteiger partial charge < -0.3 is 26.0 Å². The summed E-state index contributed by atoms with van der Waals surface area (Å²) in [7, 11) is 0. The van der Waals surface area contributed by atoms with Gasteiger partial charge in [-0.2, -0.15) is 0 Å². The lowest BCUT2D eigenvalue weighted by Gasteiger charge is -2.25. The zero-order valence-corrected chi connectivity index (χ0v) is 24.4. The van der Waals surface area contributed by atoms with Crippen molar-refractivity contribution in [1.29, 1.82) is 0 Å². The number of fused-ring (bicyclic) bond motifs is 1. The molecular formula is C33H32N4O5S. The molecule has 0 saturated carbocycles. The molecule has 5 rings (SSSR count). The van der Waals surface area contributed by atoms with E-state index in [2.05, 4.69) is 16.0 Å². The van der Waals surface area contributed by atoms with Gasteiger partial charge in [-0.25, -0.2) is 9.59 Å². The lowest BCUT2D eigenvalue weighted by atomic mass is 10.0. The smallest absolute Gasteiger partial charge is 0.326 e. The second-order valence-electron chi connectivity index (χ2n) is 10.4. The molecule has 9 nitrogen and oxygen atoms in total. The molecule has 1 heterocycles. The topological polar surface area (TPSA) is 128 Å². The van der Waals surface area contributed by atoms with E-state index in [4.69, 9.17) is 0 Å². The largest absolute Gasteiger partial charge is 0.480 e. The molecule has 0 aliphatic carbocycles. The third kappa shape index (κ3) is 7.52. The second-order valence-corrected chi connectivity index (χ2v) is 11.4. The minimum Gasteiger partial charge on any atom is -0.480 e. The van der Waals surface area contributed by atoms with Crippen molar-refractivity contribution in [2.75, 3.05) is 22.3 Å². The predicted octanol–water partition coefficient (Wildman–Crippen LogP) is 5.05. The van der Waals surface area contributed by atoms with Crippen LogP contribution in [0.5, 0.6) is 0 Å². The van der Waals surface area contributed by atoms with E-state index in [1.807, 2.05) is 73.7 Å². The van der Waals surface area contributed by atoms with Crippen LogP contribution >= 0.6 is 11.8 Å². The number of hydrogen-bond donors (Lipinski definition) is 4. The lowest BCUT2D eigenvalue weighted by molar-refractivity contribution is -0.143. The Hall–Kier alpha value is -4.83. The fourth-order valence-corrected chi connectivity index (χ4v) is 6.14. The molecule has 0 aromatic heterocycles. The maximum absolute atomic E-state index is 13.2. The molecule has 220 valence electrons. The summed E-state index contributed by atoms with van der Waals surface area (Å²) in [6, 6.07) is 25.7. The Morgan fingerprint density at radius 2 is 1.58 bits per heavy atom. The van der Waals surface area contributed by atoms with Gasteiger partial charge in [0.25, 0.3) is 0 Å². The predicted molar refractivity (Wildman–Crippen MR) is 169 cm³/mol. The van der Waals surface area contributed by atoms with Crippen molar-refractivity contribution in [1.82, 2.24) is 10.2 Å². The molecule has 1 aliphatic heterocycles. The molecule has 4 aromatic carbocycles. The van der Waals surface area contributed by atoms with Gasteiger partial charge in [-0.15, -0.1) is 11.8 Å². The summed E-state index contributed by atoms with van der Waals surface area (Å²) >= 11 is 1.45. The number of amides is 4. The number of aliphatic carboxylic acids is 1. The lowest BCUT2D eigenvalue weighted by Crippen LogP contribution is -2.52. The maximum atomic E-state index is 13.2. The molecule has 2 atom stereocenters. The summed E-state index contributed by atoms with van der Waals surface area (Å²) in [5.74, 6) is -1.11. The van der Waals surface area contributed by atoms with E-state index in [9.17, 15) is 24.3 Å². The SMILES string of the molecule is Cc1ccccc1NC(=O)Nc1ccc(CC(=O)N2CSC[C@H]2C(=O)N[C@@H](Cc2ccc3ccccc3c2)C(=O)O)cc1. The molecule has 0 bridgehead atoms. The van der Waals surface area contributed by atoms with Crippen molar-refractivity contribution in [2.45, 2.75) is 31.8 Å². The number of nitrogens with zero attached hydrogens (tertiary/aromatic N) is 1. The fourth-order valence-electron chi connectivity index (χ4n) is 4.96. The molecule has 0 radical (unpaired) electrons. The van der Waals surface area contributed by atoms with Crippen molar-refractivity contribution >= 4 is 57.7 Å². The van der Waals surface area contributed by atoms with Crippen LogP contribution < -0.4 is 16.0 Å². The monoisotopic (exact) mass is 596 g/mol. The van der Waals surface area contributed by atoms with Gasteiger partial charge in [0.15, 0.2) is 0 Å². The number of para-hydroxylation sites is 1. The summed E-state index contributed by atoms with van der Waals surface area (Å²) < 4.78 is 0. The average molecular weight is 597 g/mol. The number of carboxylic acids is 1. The van der Waals surface area contributed by atoms with Crippen LogP contribution in [0.3, 0.4) is 0 Å². The molecule has 1 saturated heterocycles. The number of carbonyl (C=O) groups excluding carboxylic acids is 3. The van der Waals surface area contributed by atoms with Crippen LogP contribution in [0.2, 0.25) is 0 Å². The van der Waals surface area contributed by atoms with Crippen LogP contribution in [0.4, 0.5) is 16.2 Å². The van der Waals surface area contributed by atoms with E-state index in [0.29, 0.717) is 23.0 Å². The first-order valence-electron chi connectivity index (χ1n) is 13.9. The molecule has 10 heteroatoms. The minimum absolute atomic E-state index is 0.0689. The van der Waals surface area contributed by atoms with Crippen LogP contribution in [0.15, 0.2) is 91.0 Å². The van der Waals surface area contributed by atoms with Gasteiger partial charge in [0.05, 0.1) is 12.3 Å². The van der Waals surface area contributed by atoms with E-state index in [1.54, 1.807) is 24.3 Å². The molecule has 43 heavy (non-hydrogen) atoms. The zero-order chi connectivity index (χ0) is 30.3. The standard InChI is InChI=1S/C33H32N4O5S/c1-21-6-2-5-9-27(21)36-33(42)34-26-14-11-22(12-15-26)18-30(38)37-20-43-19-29(37)31(39)35-28(32(40)41)17-23-10-13-24-7-3-4-8-25(24)16-23/h2-16,28-29H,17-20H2,1H3,(H,35,39)(H,40,41)(H2,34,36,42)/t28-,29-/m0/s1. The molecule has 0 unspecified atom stereocenters. The highest BCUT2D eigenvalue weighted by Crippen LogP contribution is 2.23. The van der Waals surface area contributed by atoms with Crippen molar-refractivity contribution in [3.8, 4) is 0 Å². The Morgan fingerprint density at radius 1 is 0.884 bits per heavy atom. The van der Waals surface area contributed by atoms with Crippen LogP contribution in [0.1, 0.15) is 16.7 Å². The highest BCUT2D eigenvalue weighted by molar-refractivity contribution is 7.99. The molecule has 0 spiro atoms. The van der Waals surface area contributed by atoms with Gasteiger partial charge in [0.1, 0.15) is 12.1 Å². The number of nitrogens with one attached hydrogen (secondary N) is 3. The third-order valence-corrected chi connectivity index (χ3v) is 8.35. The maximum Gasteiger partial charge on any atom is 0.326 e. The Balaban J connectivity index is 1.16. The summed E-state index contributed by atoms with van der Waals surface area (Å²) in [6.07, 6.45) is 0.197. The first-order valence-corrected chi connectivity index (χ1v) is 15.0. The highest BCUT2D eigenvalue weighted by atomic mass is 32.2. The fraction of sp³-hybridized carbons (Fsp3) is 0.212. The van der Waals surface area contributed by atoms with Gasteiger partial charge in [0.2, 0.25) is 11.8 Å². The van der Waals surface area contributed by atoms with Crippen LogP contribution in [0, 0.1) is 6.92 Å². The van der Waals surface area contributed by atoms with E-state index < -0.39 is 24.0 Å². The Bertz CT molecular complexity index is 1660. The van der Waals surface area contributed by atoms with Crippen molar-refractivity contribution in [3.05, 3.63) is 108 Å². The summed E-state index contributed by atoms with van der Waals surface area (Å²) in [5, 5.41) is 20.1. The Kier molecular flexibility index (Phi) is 9.26. The molecule has 1 fully saturated rings. The molecule has 4 amide bonds. The van der Waals surface area contributed by atoms with E-state index in [-0.39, 0.29) is 24.8 Å². The molecular weight excluding hydrogens is 564 g/mol. The van der Waals surface area contributed by atoms with Crippen molar-refractivity contribution in [2.24, 2.45) is 0 Å². The number of benzene rings is 4. The van der Waals surface area contributed by atoms with Gasteiger partial charge in [0, 0.05) is 23.5 Å². The van der Waals surface area contributed by atoms with Gasteiger partial charge >= 0.3 is 12.0 Å². The number of rotatable bonds is 9. The van der Waals surface area contributed by atoms with Gasteiger partial charge in [-0.3, -0.25) is 9.59 Å². The summed E-state index contributed by atoms with van der Waals surface area (Å²) in [4.78, 5) is 52.3. The minimum atomic E-state index is -1.13. The number of anilines is 2. The number of carbonyl (C=O) groups is 4. The Morgan fingerprint density at radius 3 is 2.33 bits per heavy atom. The highest BCUT2D eigenvalue weighted by Gasteiger charge is 2.36. The summed E-state index contributed by atoms with van der Waals surface area (Å²) in [5.41, 5.74) is 3.76. The first kappa shape index (κ1) is 29.7. The molecule has 4 aromatic rings. The van der Waals surface area contributed by atoms with Crippen LogP contribution in [-0.4, -0.2) is 57.5 Å². The van der Waals surface area contributed by atoms with E-state index >= 15 is 0 Å². The van der Waals surface area contributed by atoms with E-state index in [0.717, 1.165) is 27.5 Å². The molecule has 4 N–H and O–H groups in total. The summed E-state index contributed by atoms with van der Waals surface area (Å²) in [6.45, 7) is 1.91. The van der Waals surface area contributed by atoms with Crippen LogP contribution in [-0.2, 0) is 27.2 Å². The first-order chi connectivity index (χ1) is 20.8. The normalized spacial score (nSPS) is 15.1. The van der Waals surface area contributed by atoms with E-state index in [1.165, 1.54) is 16.7 Å². The average Bonchev–Trinajstić information content (AvgIpc) is 3.49. The van der Waals surface area contributed by atoms with Gasteiger partial charge in [-0.1, -0.05) is 72.8 Å². The number of urea groups is 1. The zero-order valence-electron chi connectivity index (χ0n) is 23.6.